The van der Waals surface area contributed by atoms with Gasteiger partial charge in [0.25, 0.3) is 0 Å². The van der Waals surface area contributed by atoms with Crippen LogP contribution in [0.3, 0.4) is 0 Å². The Hall–Kier alpha value is -0.350. The van der Waals surface area contributed by atoms with E-state index >= 15 is 0 Å². The van der Waals surface area contributed by atoms with Gasteiger partial charge in [0.15, 0.2) is 0 Å². The summed E-state index contributed by atoms with van der Waals surface area (Å²) in [5.74, 6) is 1.45. The van der Waals surface area contributed by atoms with Crippen molar-refractivity contribution >= 4 is 15.9 Å². The molecule has 1 aromatic rings. The van der Waals surface area contributed by atoms with E-state index < -0.39 is 0 Å². The molecule has 1 saturated carbocycles. The highest BCUT2D eigenvalue weighted by Gasteiger charge is 2.35. The molecule has 3 nitrogen and oxygen atoms in total. The summed E-state index contributed by atoms with van der Waals surface area (Å²) >= 11 is 3.64. The van der Waals surface area contributed by atoms with Crippen molar-refractivity contribution in [3.63, 3.8) is 0 Å². The molecule has 1 aliphatic rings. The molecule has 1 fully saturated rings. The van der Waals surface area contributed by atoms with Gasteiger partial charge in [-0.2, -0.15) is 5.10 Å². The van der Waals surface area contributed by atoms with Gasteiger partial charge in [-0.1, -0.05) is 0 Å². The van der Waals surface area contributed by atoms with Gasteiger partial charge in [-0.3, -0.25) is 4.68 Å². The van der Waals surface area contributed by atoms with Gasteiger partial charge in [0.2, 0.25) is 0 Å². The monoisotopic (exact) mass is 285 g/mol. The predicted octanol–water partition coefficient (Wildman–Crippen LogP) is 2.94. The van der Waals surface area contributed by atoms with Crippen molar-refractivity contribution in [2.45, 2.75) is 38.6 Å². The summed E-state index contributed by atoms with van der Waals surface area (Å²) in [6.45, 7) is 5.49. The second-order valence-electron chi connectivity index (χ2n) is 4.92. The SMILES string of the molecule is CNCC1CCC1c1c(Br)cnn1C(C)C. The van der Waals surface area contributed by atoms with Crippen LogP contribution in [0.4, 0.5) is 0 Å². The molecule has 0 aromatic carbocycles. The summed E-state index contributed by atoms with van der Waals surface area (Å²) in [7, 11) is 2.03. The molecule has 0 aliphatic heterocycles. The molecular formula is C12H20BrN3. The minimum Gasteiger partial charge on any atom is -0.319 e. The maximum atomic E-state index is 4.46. The molecule has 0 bridgehead atoms. The molecule has 0 amide bonds. The van der Waals surface area contributed by atoms with Crippen molar-refractivity contribution in [2.75, 3.05) is 13.6 Å². The van der Waals surface area contributed by atoms with Crippen LogP contribution in [0.1, 0.15) is 44.3 Å². The number of hydrogen-bond acceptors (Lipinski definition) is 2. The van der Waals surface area contributed by atoms with E-state index in [-0.39, 0.29) is 0 Å². The Kier molecular flexibility index (Phi) is 3.70. The van der Waals surface area contributed by atoms with Crippen molar-refractivity contribution in [2.24, 2.45) is 5.92 Å². The minimum atomic E-state index is 0.442. The normalized spacial score (nSPS) is 24.8. The number of nitrogens with one attached hydrogen (secondary N) is 1. The molecule has 2 unspecified atom stereocenters. The van der Waals surface area contributed by atoms with E-state index in [0.717, 1.165) is 12.5 Å². The predicted molar refractivity (Wildman–Crippen MR) is 69.7 cm³/mol. The molecule has 1 heterocycles. The fourth-order valence-corrected chi connectivity index (χ4v) is 3.11. The number of hydrogen-bond donors (Lipinski definition) is 1. The fourth-order valence-electron chi connectivity index (χ4n) is 2.54. The summed E-state index contributed by atoms with van der Waals surface area (Å²) in [6.07, 6.45) is 4.56. The van der Waals surface area contributed by atoms with Crippen LogP contribution in [0.25, 0.3) is 0 Å². The molecule has 2 atom stereocenters. The molecule has 4 heteroatoms. The average molecular weight is 286 g/mol. The maximum Gasteiger partial charge on any atom is 0.0635 e. The van der Waals surface area contributed by atoms with Crippen molar-refractivity contribution in [1.82, 2.24) is 15.1 Å². The average Bonchev–Trinajstić information content (AvgIpc) is 2.56. The smallest absolute Gasteiger partial charge is 0.0635 e. The Bertz CT molecular complexity index is 359. The molecule has 1 aliphatic carbocycles. The number of aromatic nitrogens is 2. The lowest BCUT2D eigenvalue weighted by atomic mass is 9.71. The van der Waals surface area contributed by atoms with E-state index in [1.807, 2.05) is 13.2 Å². The lowest BCUT2D eigenvalue weighted by Gasteiger charge is -2.37. The Labute approximate surface area is 106 Å². The number of nitrogens with zero attached hydrogens (tertiary/aromatic N) is 2. The molecular weight excluding hydrogens is 266 g/mol. The van der Waals surface area contributed by atoms with Crippen molar-refractivity contribution in [1.29, 1.82) is 0 Å². The second-order valence-corrected chi connectivity index (χ2v) is 5.77. The van der Waals surface area contributed by atoms with E-state index in [9.17, 15) is 0 Å². The van der Waals surface area contributed by atoms with Crippen molar-refractivity contribution in [3.05, 3.63) is 16.4 Å². The summed E-state index contributed by atoms with van der Waals surface area (Å²) in [5.41, 5.74) is 1.39. The lowest BCUT2D eigenvalue weighted by molar-refractivity contribution is 0.234. The van der Waals surface area contributed by atoms with Gasteiger partial charge in [-0.25, -0.2) is 0 Å². The Morgan fingerprint density at radius 2 is 2.31 bits per heavy atom. The third-order valence-corrected chi connectivity index (χ3v) is 4.12. The topological polar surface area (TPSA) is 29.9 Å². The maximum absolute atomic E-state index is 4.46. The van der Waals surface area contributed by atoms with E-state index in [0.29, 0.717) is 12.0 Å². The second kappa shape index (κ2) is 4.88. The Balaban J connectivity index is 2.22. The van der Waals surface area contributed by atoms with Crippen LogP contribution in [0.2, 0.25) is 0 Å². The zero-order chi connectivity index (χ0) is 11.7. The number of halogens is 1. The summed E-state index contributed by atoms with van der Waals surface area (Å²) in [6, 6.07) is 0.442. The van der Waals surface area contributed by atoms with Crippen LogP contribution < -0.4 is 5.32 Å². The highest BCUT2D eigenvalue weighted by atomic mass is 79.9. The quantitative estimate of drug-likeness (QED) is 0.922. The number of rotatable bonds is 4. The van der Waals surface area contributed by atoms with Crippen molar-refractivity contribution < 1.29 is 0 Å². The van der Waals surface area contributed by atoms with Gasteiger partial charge in [0.1, 0.15) is 0 Å². The first-order chi connectivity index (χ1) is 7.65. The zero-order valence-corrected chi connectivity index (χ0v) is 11.8. The van der Waals surface area contributed by atoms with Gasteiger partial charge in [-0.05, 0) is 62.1 Å². The summed E-state index contributed by atoms with van der Waals surface area (Å²) in [5, 5.41) is 7.75. The Morgan fingerprint density at radius 1 is 1.56 bits per heavy atom. The lowest BCUT2D eigenvalue weighted by Crippen LogP contribution is -2.34. The standard InChI is InChI=1S/C12H20BrN3/c1-8(2)16-12(11(13)7-15-16)10-5-4-9(10)6-14-3/h7-10,14H,4-6H2,1-3H3. The van der Waals surface area contributed by atoms with Crippen LogP contribution in [0, 0.1) is 5.92 Å². The molecule has 16 heavy (non-hydrogen) atoms. The molecule has 90 valence electrons. The molecule has 2 rings (SSSR count). The van der Waals surface area contributed by atoms with Crippen LogP contribution in [-0.4, -0.2) is 23.4 Å². The van der Waals surface area contributed by atoms with Gasteiger partial charge < -0.3 is 5.32 Å². The van der Waals surface area contributed by atoms with Gasteiger partial charge in [0, 0.05) is 12.0 Å². The highest BCUT2D eigenvalue weighted by Crippen LogP contribution is 2.45. The van der Waals surface area contributed by atoms with Gasteiger partial charge in [-0.15, -0.1) is 0 Å². The third-order valence-electron chi connectivity index (χ3n) is 3.51. The molecule has 1 aromatic heterocycles. The minimum absolute atomic E-state index is 0.442. The summed E-state index contributed by atoms with van der Waals surface area (Å²) < 4.78 is 3.34. The van der Waals surface area contributed by atoms with Gasteiger partial charge in [0.05, 0.1) is 16.4 Å². The van der Waals surface area contributed by atoms with E-state index in [4.69, 9.17) is 0 Å². The molecule has 0 spiro atoms. The molecule has 1 N–H and O–H groups in total. The van der Waals surface area contributed by atoms with Crippen molar-refractivity contribution in [3.8, 4) is 0 Å². The largest absolute Gasteiger partial charge is 0.319 e. The highest BCUT2D eigenvalue weighted by molar-refractivity contribution is 9.10. The van der Waals surface area contributed by atoms with Crippen LogP contribution in [0.5, 0.6) is 0 Å². The van der Waals surface area contributed by atoms with Gasteiger partial charge >= 0.3 is 0 Å². The summed E-state index contributed by atoms with van der Waals surface area (Å²) in [4.78, 5) is 0. The molecule has 0 radical (unpaired) electrons. The first-order valence-electron chi connectivity index (χ1n) is 6.02. The van der Waals surface area contributed by atoms with Crippen LogP contribution in [0.15, 0.2) is 10.7 Å². The first kappa shape index (κ1) is 12.1. The third kappa shape index (κ3) is 2.05. The first-order valence-corrected chi connectivity index (χ1v) is 6.82. The molecule has 0 saturated heterocycles. The van der Waals surface area contributed by atoms with E-state index in [1.54, 1.807) is 0 Å². The zero-order valence-electron chi connectivity index (χ0n) is 10.2. The fraction of sp³-hybridized carbons (Fsp3) is 0.750. The van der Waals surface area contributed by atoms with E-state index in [2.05, 4.69) is 44.9 Å². The van der Waals surface area contributed by atoms with E-state index in [1.165, 1.54) is 23.0 Å². The van der Waals surface area contributed by atoms with Crippen LogP contribution >= 0.6 is 15.9 Å². The van der Waals surface area contributed by atoms with Crippen LogP contribution in [-0.2, 0) is 0 Å². The Morgan fingerprint density at radius 3 is 2.81 bits per heavy atom.